The summed E-state index contributed by atoms with van der Waals surface area (Å²) in [4.78, 5) is 38.0. The maximum Gasteiger partial charge on any atom is 0.320 e. The van der Waals surface area contributed by atoms with Crippen LogP contribution in [0.25, 0.3) is 5.69 Å². The number of carbonyl (C=O) groups excluding carboxylic acids is 1. The molecule has 146 valence electrons. The summed E-state index contributed by atoms with van der Waals surface area (Å²) in [7, 11) is 0. The quantitative estimate of drug-likeness (QED) is 0.586. The van der Waals surface area contributed by atoms with Gasteiger partial charge in [0.25, 0.3) is 0 Å². The average molecular weight is 399 g/mol. The van der Waals surface area contributed by atoms with Gasteiger partial charge in [0.1, 0.15) is 12.3 Å². The minimum Gasteiger partial charge on any atom is -0.494 e. The van der Waals surface area contributed by atoms with Crippen LogP contribution >= 0.6 is 11.3 Å². The Balaban J connectivity index is 1.66. The van der Waals surface area contributed by atoms with E-state index in [4.69, 9.17) is 4.74 Å². The van der Waals surface area contributed by atoms with E-state index in [0.29, 0.717) is 24.6 Å². The van der Waals surface area contributed by atoms with Gasteiger partial charge < -0.3 is 10.1 Å². The summed E-state index contributed by atoms with van der Waals surface area (Å²) in [5, 5.41) is 4.75. The molecule has 1 amide bonds. The molecule has 0 spiro atoms. The van der Waals surface area contributed by atoms with E-state index < -0.39 is 11.1 Å². The highest BCUT2D eigenvalue weighted by Crippen LogP contribution is 2.13. The van der Waals surface area contributed by atoms with E-state index in [9.17, 15) is 14.4 Å². The van der Waals surface area contributed by atoms with E-state index in [1.807, 2.05) is 24.4 Å². The third kappa shape index (κ3) is 4.77. The van der Waals surface area contributed by atoms with Crippen molar-refractivity contribution in [3.63, 3.8) is 0 Å². The molecule has 0 atom stereocenters. The largest absolute Gasteiger partial charge is 0.494 e. The molecule has 1 aromatic carbocycles. The van der Waals surface area contributed by atoms with E-state index in [1.165, 1.54) is 21.8 Å². The normalized spacial score (nSPS) is 10.6. The lowest BCUT2D eigenvalue weighted by Gasteiger charge is -2.10. The van der Waals surface area contributed by atoms with Gasteiger partial charge in [-0.1, -0.05) is 6.07 Å². The monoisotopic (exact) mass is 399 g/mol. The van der Waals surface area contributed by atoms with Gasteiger partial charge in [0.05, 0.1) is 6.61 Å². The molecule has 1 N–H and O–H groups in total. The zero-order chi connectivity index (χ0) is 19.9. The molecule has 8 heteroatoms. The molecule has 0 bridgehead atoms. The van der Waals surface area contributed by atoms with Crippen molar-refractivity contribution in [2.24, 2.45) is 0 Å². The first-order valence-corrected chi connectivity index (χ1v) is 9.81. The van der Waals surface area contributed by atoms with Crippen molar-refractivity contribution in [2.45, 2.75) is 19.9 Å². The lowest BCUT2D eigenvalue weighted by molar-refractivity contribution is -0.121. The molecule has 3 rings (SSSR count). The molecule has 28 heavy (non-hydrogen) atoms. The molecule has 0 saturated heterocycles. The van der Waals surface area contributed by atoms with Crippen molar-refractivity contribution in [1.29, 1.82) is 0 Å². The minimum atomic E-state index is -0.746. The highest BCUT2D eigenvalue weighted by molar-refractivity contribution is 7.09. The van der Waals surface area contributed by atoms with E-state index in [1.54, 1.807) is 35.6 Å². The van der Waals surface area contributed by atoms with Gasteiger partial charge in [0.15, 0.2) is 0 Å². The van der Waals surface area contributed by atoms with Crippen molar-refractivity contribution >= 4 is 17.2 Å². The zero-order valence-electron chi connectivity index (χ0n) is 15.5. The molecular formula is C20H21N3O4S. The highest BCUT2D eigenvalue weighted by Gasteiger charge is 2.10. The Hall–Kier alpha value is -3.13. The van der Waals surface area contributed by atoms with Crippen molar-refractivity contribution in [3.05, 3.63) is 79.8 Å². The van der Waals surface area contributed by atoms with Gasteiger partial charge in [-0.15, -0.1) is 11.3 Å². The fraction of sp³-hybridized carbons (Fsp3) is 0.250. The summed E-state index contributed by atoms with van der Waals surface area (Å²) in [5.74, 6) is 0.378. The maximum absolute atomic E-state index is 12.4. The molecule has 0 unspecified atom stereocenters. The van der Waals surface area contributed by atoms with Gasteiger partial charge in [-0.3, -0.25) is 23.5 Å². The van der Waals surface area contributed by atoms with Gasteiger partial charge in [0.2, 0.25) is 5.91 Å². The Labute approximate surface area is 165 Å². The first kappa shape index (κ1) is 19.6. The molecular weight excluding hydrogens is 378 g/mol. The van der Waals surface area contributed by atoms with Gasteiger partial charge >= 0.3 is 11.1 Å². The van der Waals surface area contributed by atoms with Crippen LogP contribution in [0.2, 0.25) is 0 Å². The molecule has 2 heterocycles. The summed E-state index contributed by atoms with van der Waals surface area (Å²) in [6.07, 6.45) is 3.66. The van der Waals surface area contributed by atoms with Crippen LogP contribution in [0, 0.1) is 0 Å². The fourth-order valence-corrected chi connectivity index (χ4v) is 3.41. The number of amides is 1. The number of benzene rings is 1. The Bertz CT molecular complexity index is 1040. The summed E-state index contributed by atoms with van der Waals surface area (Å²) < 4.78 is 7.74. The number of nitrogens with one attached hydrogen (secondary N) is 1. The molecule has 0 radical (unpaired) electrons. The van der Waals surface area contributed by atoms with Gasteiger partial charge in [-0.25, -0.2) is 0 Å². The van der Waals surface area contributed by atoms with Crippen LogP contribution in [0.4, 0.5) is 0 Å². The van der Waals surface area contributed by atoms with E-state index in [0.717, 1.165) is 11.0 Å². The molecule has 7 nitrogen and oxygen atoms in total. The lowest BCUT2D eigenvalue weighted by Crippen LogP contribution is -2.42. The van der Waals surface area contributed by atoms with Gasteiger partial charge in [-0.2, -0.15) is 0 Å². The van der Waals surface area contributed by atoms with Crippen molar-refractivity contribution in [1.82, 2.24) is 14.5 Å². The molecule has 0 aliphatic heterocycles. The van der Waals surface area contributed by atoms with Crippen LogP contribution in [-0.4, -0.2) is 28.2 Å². The lowest BCUT2D eigenvalue weighted by atomic mass is 10.3. The first-order valence-electron chi connectivity index (χ1n) is 8.93. The van der Waals surface area contributed by atoms with Crippen LogP contribution in [0.5, 0.6) is 5.75 Å². The van der Waals surface area contributed by atoms with Crippen molar-refractivity contribution in [2.75, 3.05) is 13.2 Å². The number of thiophene rings is 1. The summed E-state index contributed by atoms with van der Waals surface area (Å²) in [6.45, 7) is 2.72. The second kappa shape index (κ2) is 9.18. The number of nitrogens with zero attached hydrogens (tertiary/aromatic N) is 2. The number of aromatic nitrogens is 2. The van der Waals surface area contributed by atoms with E-state index >= 15 is 0 Å². The summed E-state index contributed by atoms with van der Waals surface area (Å²) in [6, 6.07) is 10.8. The van der Waals surface area contributed by atoms with Crippen LogP contribution < -0.4 is 21.2 Å². The smallest absolute Gasteiger partial charge is 0.320 e. The Kier molecular flexibility index (Phi) is 6.44. The zero-order valence-corrected chi connectivity index (χ0v) is 16.3. The number of carbonyl (C=O) groups is 1. The fourth-order valence-electron chi connectivity index (χ4n) is 2.70. The minimum absolute atomic E-state index is 0.192. The van der Waals surface area contributed by atoms with Crippen LogP contribution in [-0.2, 0) is 17.8 Å². The first-order chi connectivity index (χ1) is 13.6. The number of hydrogen-bond acceptors (Lipinski definition) is 5. The van der Waals surface area contributed by atoms with Gasteiger partial charge in [0, 0.05) is 29.5 Å². The van der Waals surface area contributed by atoms with Crippen LogP contribution in [0.15, 0.2) is 63.8 Å². The Morgan fingerprint density at radius 1 is 1.11 bits per heavy atom. The van der Waals surface area contributed by atoms with Crippen LogP contribution in [0.3, 0.4) is 0 Å². The second-order valence-corrected chi connectivity index (χ2v) is 7.04. The number of ether oxygens (including phenoxy) is 1. The maximum atomic E-state index is 12.4. The molecule has 0 aliphatic carbocycles. The van der Waals surface area contributed by atoms with Gasteiger partial charge in [-0.05, 0) is 49.1 Å². The van der Waals surface area contributed by atoms with Crippen molar-refractivity contribution < 1.29 is 9.53 Å². The van der Waals surface area contributed by atoms with Crippen LogP contribution in [0.1, 0.15) is 11.8 Å². The topological polar surface area (TPSA) is 82.3 Å². The molecule has 2 aromatic heterocycles. The predicted molar refractivity (Wildman–Crippen MR) is 109 cm³/mol. The molecule has 0 aliphatic rings. The highest BCUT2D eigenvalue weighted by atomic mass is 32.1. The summed E-state index contributed by atoms with van der Waals surface area (Å²) >= 11 is 1.63. The Morgan fingerprint density at radius 3 is 2.57 bits per heavy atom. The average Bonchev–Trinajstić information content (AvgIpc) is 3.20. The van der Waals surface area contributed by atoms with E-state index in [-0.39, 0.29) is 12.5 Å². The standard InChI is InChI=1S/C20H21N3O4S/c1-2-27-16-7-5-15(6-8-16)23-12-11-22(19(25)20(23)26)14-18(24)21-10-9-17-4-3-13-28-17/h3-8,11-13H,2,9-10,14H2,1H3,(H,21,24). The van der Waals surface area contributed by atoms with Crippen molar-refractivity contribution in [3.8, 4) is 11.4 Å². The molecule has 0 fully saturated rings. The predicted octanol–water partition coefficient (Wildman–Crippen LogP) is 1.82. The molecule has 0 saturated carbocycles. The Morgan fingerprint density at radius 2 is 1.89 bits per heavy atom. The van der Waals surface area contributed by atoms with E-state index in [2.05, 4.69) is 5.32 Å². The SMILES string of the molecule is CCOc1ccc(-n2ccn(CC(=O)NCCc3cccs3)c(=O)c2=O)cc1. The second-order valence-electron chi connectivity index (χ2n) is 6.01. The third-order valence-electron chi connectivity index (χ3n) is 4.07. The molecule has 3 aromatic rings. The summed E-state index contributed by atoms with van der Waals surface area (Å²) in [5.41, 5.74) is -0.902. The number of hydrogen-bond donors (Lipinski definition) is 1. The third-order valence-corrected chi connectivity index (χ3v) is 5.01. The number of rotatable bonds is 8.